The quantitative estimate of drug-likeness (QED) is 0.757. The molecule has 1 N–H and O–H groups in total. The number of pyridine rings is 1. The maximum atomic E-state index is 10.0. The zero-order chi connectivity index (χ0) is 13.2. The third-order valence-corrected chi connectivity index (χ3v) is 3.38. The van der Waals surface area contributed by atoms with Gasteiger partial charge in [0.05, 0.1) is 4.47 Å². The number of phenols is 1. The Balaban J connectivity index is 2.06. The van der Waals surface area contributed by atoms with Crippen LogP contribution >= 0.6 is 15.9 Å². The van der Waals surface area contributed by atoms with Gasteiger partial charge in [-0.3, -0.25) is 4.98 Å². The van der Waals surface area contributed by atoms with Gasteiger partial charge in [0.25, 0.3) is 0 Å². The van der Waals surface area contributed by atoms with Crippen LogP contribution in [0.25, 0.3) is 10.8 Å². The minimum Gasteiger partial charge on any atom is -0.504 e. The minimum atomic E-state index is 0.113. The lowest BCUT2D eigenvalue weighted by atomic mass is 10.1. The van der Waals surface area contributed by atoms with Gasteiger partial charge < -0.3 is 9.84 Å². The van der Waals surface area contributed by atoms with Crippen LogP contribution in [0.4, 0.5) is 0 Å². The summed E-state index contributed by atoms with van der Waals surface area (Å²) in [5, 5.41) is 12.0. The highest BCUT2D eigenvalue weighted by molar-refractivity contribution is 9.10. The molecule has 0 saturated carbocycles. The molecule has 0 unspecified atom stereocenters. The summed E-state index contributed by atoms with van der Waals surface area (Å²) in [5.74, 6) is 1.15. The van der Waals surface area contributed by atoms with Crippen molar-refractivity contribution < 1.29 is 9.84 Å². The second-order valence-corrected chi connectivity index (χ2v) is 4.93. The van der Waals surface area contributed by atoms with Gasteiger partial charge in [0.15, 0.2) is 11.5 Å². The van der Waals surface area contributed by atoms with Crippen molar-refractivity contribution in [2.24, 2.45) is 0 Å². The van der Waals surface area contributed by atoms with E-state index in [1.807, 2.05) is 30.3 Å². The number of aromatic hydroxyl groups is 1. The summed E-state index contributed by atoms with van der Waals surface area (Å²) in [6, 6.07) is 13.0. The Morgan fingerprint density at radius 2 is 1.74 bits per heavy atom. The van der Waals surface area contributed by atoms with Crippen LogP contribution in [0, 0.1) is 0 Å². The highest BCUT2D eigenvalue weighted by atomic mass is 79.9. The Morgan fingerprint density at radius 3 is 2.47 bits per heavy atom. The molecule has 0 aliphatic heterocycles. The molecule has 0 fully saturated rings. The SMILES string of the molecule is Oc1cc2ccccc2cc1Oc1ccncc1Br. The molecule has 1 heterocycles. The van der Waals surface area contributed by atoms with E-state index < -0.39 is 0 Å². The number of hydrogen-bond acceptors (Lipinski definition) is 3. The molecule has 0 spiro atoms. The lowest BCUT2D eigenvalue weighted by molar-refractivity contribution is 0.411. The Kier molecular flexibility index (Phi) is 3.09. The molecule has 19 heavy (non-hydrogen) atoms. The van der Waals surface area contributed by atoms with E-state index in [4.69, 9.17) is 4.74 Å². The number of benzene rings is 2. The fourth-order valence-corrected chi connectivity index (χ4v) is 2.18. The van der Waals surface area contributed by atoms with Gasteiger partial charge in [0.1, 0.15) is 5.75 Å². The highest BCUT2D eigenvalue weighted by Gasteiger charge is 2.08. The van der Waals surface area contributed by atoms with Crippen LogP contribution in [0.15, 0.2) is 59.3 Å². The summed E-state index contributed by atoms with van der Waals surface area (Å²) >= 11 is 3.36. The predicted molar refractivity (Wildman–Crippen MR) is 77.6 cm³/mol. The monoisotopic (exact) mass is 315 g/mol. The van der Waals surface area contributed by atoms with E-state index in [0.29, 0.717) is 11.5 Å². The molecule has 0 aliphatic rings. The topological polar surface area (TPSA) is 42.4 Å². The molecule has 3 aromatic rings. The number of fused-ring (bicyclic) bond motifs is 1. The largest absolute Gasteiger partial charge is 0.504 e. The van der Waals surface area contributed by atoms with E-state index in [2.05, 4.69) is 20.9 Å². The Labute approximate surface area is 118 Å². The number of aromatic nitrogens is 1. The molecule has 0 amide bonds. The molecular formula is C15H10BrNO2. The molecule has 2 aromatic carbocycles. The van der Waals surface area contributed by atoms with Crippen LogP contribution in [-0.4, -0.2) is 10.1 Å². The van der Waals surface area contributed by atoms with Gasteiger partial charge in [-0.1, -0.05) is 24.3 Å². The molecule has 0 atom stereocenters. The second-order valence-electron chi connectivity index (χ2n) is 4.08. The molecule has 3 rings (SSSR count). The van der Waals surface area contributed by atoms with Crippen molar-refractivity contribution in [3.8, 4) is 17.2 Å². The molecule has 3 nitrogen and oxygen atoms in total. The van der Waals surface area contributed by atoms with Crippen molar-refractivity contribution in [3.63, 3.8) is 0 Å². The average molecular weight is 316 g/mol. The third kappa shape index (κ3) is 2.39. The van der Waals surface area contributed by atoms with Gasteiger partial charge in [0.2, 0.25) is 0 Å². The van der Waals surface area contributed by atoms with Gasteiger partial charge in [0, 0.05) is 18.5 Å². The summed E-state index contributed by atoms with van der Waals surface area (Å²) in [6.45, 7) is 0. The summed E-state index contributed by atoms with van der Waals surface area (Å²) in [4.78, 5) is 3.97. The second kappa shape index (κ2) is 4.90. The first kappa shape index (κ1) is 12.0. The van der Waals surface area contributed by atoms with Crippen LogP contribution in [0.1, 0.15) is 0 Å². The van der Waals surface area contributed by atoms with E-state index in [1.165, 1.54) is 0 Å². The van der Waals surface area contributed by atoms with Crippen LogP contribution in [0.3, 0.4) is 0 Å². The van der Waals surface area contributed by atoms with Crippen LogP contribution in [-0.2, 0) is 0 Å². The van der Waals surface area contributed by atoms with Gasteiger partial charge in [-0.05, 0) is 38.8 Å². The molecule has 0 saturated heterocycles. The summed E-state index contributed by atoms with van der Waals surface area (Å²) < 4.78 is 6.45. The van der Waals surface area contributed by atoms with Gasteiger partial charge in [-0.25, -0.2) is 0 Å². The van der Waals surface area contributed by atoms with E-state index in [0.717, 1.165) is 15.2 Å². The number of phenolic OH excluding ortho intramolecular Hbond substituents is 1. The van der Waals surface area contributed by atoms with Crippen molar-refractivity contribution >= 4 is 26.7 Å². The zero-order valence-corrected chi connectivity index (χ0v) is 11.5. The standard InChI is InChI=1S/C15H10BrNO2/c16-12-9-17-6-5-14(12)19-15-8-11-4-2-1-3-10(11)7-13(15)18/h1-9,18H. The predicted octanol–water partition coefficient (Wildman–Crippen LogP) is 4.50. The molecular weight excluding hydrogens is 306 g/mol. The first-order chi connectivity index (χ1) is 9.24. The van der Waals surface area contributed by atoms with Crippen LogP contribution in [0.5, 0.6) is 17.2 Å². The first-order valence-corrected chi connectivity index (χ1v) is 6.52. The van der Waals surface area contributed by atoms with Gasteiger partial charge >= 0.3 is 0 Å². The van der Waals surface area contributed by atoms with Crippen molar-refractivity contribution in [1.82, 2.24) is 4.98 Å². The van der Waals surface area contributed by atoms with Crippen molar-refractivity contribution in [1.29, 1.82) is 0 Å². The molecule has 0 radical (unpaired) electrons. The van der Waals surface area contributed by atoms with E-state index in [1.54, 1.807) is 24.5 Å². The number of hydrogen-bond donors (Lipinski definition) is 1. The lowest BCUT2D eigenvalue weighted by Gasteiger charge is -2.10. The molecule has 1 aromatic heterocycles. The zero-order valence-electron chi connectivity index (χ0n) is 9.88. The average Bonchev–Trinajstić information content (AvgIpc) is 2.42. The van der Waals surface area contributed by atoms with Crippen molar-refractivity contribution in [3.05, 3.63) is 59.3 Å². The molecule has 4 heteroatoms. The van der Waals surface area contributed by atoms with E-state index in [-0.39, 0.29) is 5.75 Å². The first-order valence-electron chi connectivity index (χ1n) is 5.73. The number of nitrogens with zero attached hydrogens (tertiary/aromatic N) is 1. The number of halogens is 1. The van der Waals surface area contributed by atoms with Gasteiger partial charge in [-0.2, -0.15) is 0 Å². The summed E-state index contributed by atoms with van der Waals surface area (Å²) in [7, 11) is 0. The van der Waals surface area contributed by atoms with Crippen molar-refractivity contribution in [2.45, 2.75) is 0 Å². The molecule has 0 aliphatic carbocycles. The van der Waals surface area contributed by atoms with E-state index >= 15 is 0 Å². The highest BCUT2D eigenvalue weighted by Crippen LogP contribution is 2.36. The Morgan fingerprint density at radius 1 is 1.00 bits per heavy atom. The smallest absolute Gasteiger partial charge is 0.169 e. The molecule has 94 valence electrons. The molecule has 0 bridgehead atoms. The fraction of sp³-hybridized carbons (Fsp3) is 0. The van der Waals surface area contributed by atoms with Crippen molar-refractivity contribution in [2.75, 3.05) is 0 Å². The van der Waals surface area contributed by atoms with E-state index in [9.17, 15) is 5.11 Å². The number of ether oxygens (including phenoxy) is 1. The number of rotatable bonds is 2. The van der Waals surface area contributed by atoms with Crippen LogP contribution in [0.2, 0.25) is 0 Å². The Hall–Kier alpha value is -2.07. The van der Waals surface area contributed by atoms with Gasteiger partial charge in [-0.15, -0.1) is 0 Å². The lowest BCUT2D eigenvalue weighted by Crippen LogP contribution is -1.87. The maximum Gasteiger partial charge on any atom is 0.169 e. The third-order valence-electron chi connectivity index (χ3n) is 2.78. The summed E-state index contributed by atoms with van der Waals surface area (Å²) in [5.41, 5.74) is 0. The minimum absolute atomic E-state index is 0.113. The Bertz CT molecular complexity index is 743. The summed E-state index contributed by atoms with van der Waals surface area (Å²) in [6.07, 6.45) is 3.28. The van der Waals surface area contributed by atoms with Crippen LogP contribution < -0.4 is 4.74 Å². The normalized spacial score (nSPS) is 10.6. The maximum absolute atomic E-state index is 10.0. The fourth-order valence-electron chi connectivity index (χ4n) is 1.85.